The average Bonchev–Trinajstić information content (AvgIpc) is 3.22. The predicted molar refractivity (Wildman–Crippen MR) is 95.5 cm³/mol. The van der Waals surface area contributed by atoms with Gasteiger partial charge in [0.2, 0.25) is 5.91 Å². The van der Waals surface area contributed by atoms with Crippen molar-refractivity contribution in [1.29, 1.82) is 0 Å². The van der Waals surface area contributed by atoms with Crippen molar-refractivity contribution in [3.05, 3.63) is 76.4 Å². The zero-order chi connectivity index (χ0) is 17.2. The van der Waals surface area contributed by atoms with Crippen LogP contribution < -0.4 is 11.1 Å². The average molecular weight is 334 g/mol. The van der Waals surface area contributed by atoms with E-state index in [0.717, 1.165) is 24.1 Å². The van der Waals surface area contributed by atoms with Gasteiger partial charge in [0, 0.05) is 11.3 Å². The number of benzene rings is 2. The second-order valence-corrected chi connectivity index (χ2v) is 6.24. The zero-order valence-corrected chi connectivity index (χ0v) is 13.7. The van der Waals surface area contributed by atoms with Gasteiger partial charge in [-0.15, -0.1) is 0 Å². The van der Waals surface area contributed by atoms with Gasteiger partial charge in [-0.2, -0.15) is 0 Å². The van der Waals surface area contributed by atoms with Gasteiger partial charge in [-0.25, -0.2) is 4.79 Å². The molecule has 0 radical (unpaired) electrons. The second kappa shape index (κ2) is 6.43. The summed E-state index contributed by atoms with van der Waals surface area (Å²) in [5, 5.41) is 2.86. The lowest BCUT2D eigenvalue weighted by molar-refractivity contribution is -0.116. The number of oxazole rings is 1. The maximum Gasteiger partial charge on any atom is 0.419 e. The van der Waals surface area contributed by atoms with E-state index >= 15 is 0 Å². The van der Waals surface area contributed by atoms with E-state index in [-0.39, 0.29) is 12.5 Å². The molecule has 1 aromatic heterocycles. The number of carbonyl (C=O) groups is 1. The van der Waals surface area contributed by atoms with Crippen LogP contribution >= 0.6 is 0 Å². The highest BCUT2D eigenvalue weighted by Crippen LogP contribution is 2.25. The maximum absolute atomic E-state index is 12.3. The Bertz CT molecular complexity index is 970. The van der Waals surface area contributed by atoms with E-state index in [9.17, 15) is 9.59 Å². The van der Waals surface area contributed by atoms with Crippen LogP contribution in [0.2, 0.25) is 0 Å². The molecule has 2 aromatic carbocycles. The van der Waals surface area contributed by atoms with E-state index in [1.165, 1.54) is 22.1 Å². The predicted octanol–water partition coefficient (Wildman–Crippen LogP) is 3.24. The quantitative estimate of drug-likeness (QED) is 0.797. The van der Waals surface area contributed by atoms with E-state index in [1.807, 2.05) is 42.5 Å². The Balaban J connectivity index is 1.48. The van der Waals surface area contributed by atoms with Gasteiger partial charge in [0.15, 0.2) is 5.76 Å². The molecular weight excluding hydrogens is 316 g/mol. The van der Waals surface area contributed by atoms with Gasteiger partial charge >= 0.3 is 5.76 Å². The Kier molecular flexibility index (Phi) is 3.98. The molecule has 0 saturated carbocycles. The Morgan fingerprint density at radius 1 is 1.08 bits per heavy atom. The molecule has 4 rings (SSSR count). The number of fused-ring (bicyclic) bond motifs is 1. The van der Waals surface area contributed by atoms with E-state index in [0.29, 0.717) is 5.76 Å². The Morgan fingerprint density at radius 2 is 1.88 bits per heavy atom. The van der Waals surface area contributed by atoms with Crippen molar-refractivity contribution in [2.45, 2.75) is 25.8 Å². The van der Waals surface area contributed by atoms with Crippen molar-refractivity contribution < 1.29 is 9.21 Å². The molecule has 0 atom stereocenters. The molecule has 0 saturated heterocycles. The molecule has 126 valence electrons. The van der Waals surface area contributed by atoms with Crippen LogP contribution in [0.25, 0.3) is 11.3 Å². The second-order valence-electron chi connectivity index (χ2n) is 6.24. The largest absolute Gasteiger partial charge is 0.419 e. The van der Waals surface area contributed by atoms with Gasteiger partial charge in [-0.3, -0.25) is 9.36 Å². The number of hydrogen-bond acceptors (Lipinski definition) is 3. The van der Waals surface area contributed by atoms with Gasteiger partial charge < -0.3 is 9.73 Å². The van der Waals surface area contributed by atoms with E-state index < -0.39 is 5.76 Å². The SMILES string of the molecule is O=C(Cn1cc(-c2ccccc2)oc1=O)Nc1ccc2c(c1)CCC2. The minimum absolute atomic E-state index is 0.0771. The molecule has 5 heteroatoms. The van der Waals surface area contributed by atoms with E-state index in [1.54, 1.807) is 6.20 Å². The van der Waals surface area contributed by atoms with Crippen molar-refractivity contribution in [3.63, 3.8) is 0 Å². The van der Waals surface area contributed by atoms with Crippen molar-refractivity contribution in [2.75, 3.05) is 5.32 Å². The van der Waals surface area contributed by atoms with Crippen LogP contribution in [0, 0.1) is 0 Å². The van der Waals surface area contributed by atoms with Gasteiger partial charge in [0.25, 0.3) is 0 Å². The molecule has 1 aliphatic carbocycles. The fourth-order valence-corrected chi connectivity index (χ4v) is 3.22. The molecule has 5 nitrogen and oxygen atoms in total. The number of aromatic nitrogens is 1. The fourth-order valence-electron chi connectivity index (χ4n) is 3.22. The van der Waals surface area contributed by atoms with Crippen LogP contribution in [0.5, 0.6) is 0 Å². The highest BCUT2D eigenvalue weighted by Gasteiger charge is 2.14. The van der Waals surface area contributed by atoms with Crippen LogP contribution in [-0.4, -0.2) is 10.5 Å². The molecular formula is C20H18N2O3. The molecule has 25 heavy (non-hydrogen) atoms. The van der Waals surface area contributed by atoms with Crippen molar-refractivity contribution in [3.8, 4) is 11.3 Å². The summed E-state index contributed by atoms with van der Waals surface area (Å²) in [6.07, 6.45) is 4.90. The van der Waals surface area contributed by atoms with Crippen molar-refractivity contribution in [2.24, 2.45) is 0 Å². The van der Waals surface area contributed by atoms with Crippen LogP contribution in [0.3, 0.4) is 0 Å². The number of carbonyl (C=O) groups excluding carboxylic acids is 1. The van der Waals surface area contributed by atoms with E-state index in [2.05, 4.69) is 11.4 Å². The molecule has 1 aliphatic rings. The van der Waals surface area contributed by atoms with Gasteiger partial charge in [0.1, 0.15) is 6.54 Å². The lowest BCUT2D eigenvalue weighted by Crippen LogP contribution is -2.24. The third-order valence-electron chi connectivity index (χ3n) is 4.46. The van der Waals surface area contributed by atoms with Crippen LogP contribution in [0.1, 0.15) is 17.5 Å². The topological polar surface area (TPSA) is 64.2 Å². The molecule has 0 unspecified atom stereocenters. The monoisotopic (exact) mass is 334 g/mol. The third-order valence-corrected chi connectivity index (χ3v) is 4.46. The Hall–Kier alpha value is -3.08. The summed E-state index contributed by atoms with van der Waals surface area (Å²) < 4.78 is 6.52. The summed E-state index contributed by atoms with van der Waals surface area (Å²) in [6.45, 7) is -0.0771. The molecule has 0 aliphatic heterocycles. The number of anilines is 1. The lowest BCUT2D eigenvalue weighted by Gasteiger charge is -2.07. The Labute approximate surface area is 144 Å². The lowest BCUT2D eigenvalue weighted by atomic mass is 10.1. The van der Waals surface area contributed by atoms with Crippen LogP contribution in [0.4, 0.5) is 5.69 Å². The standard InChI is InChI=1S/C20H18N2O3/c23-19(21-17-10-9-14-7-4-8-16(14)11-17)13-22-12-18(25-20(22)24)15-5-2-1-3-6-15/h1-3,5-6,9-12H,4,7-8,13H2,(H,21,23). The summed E-state index contributed by atoms with van der Waals surface area (Å²) in [7, 11) is 0. The van der Waals surface area contributed by atoms with Gasteiger partial charge in [-0.1, -0.05) is 36.4 Å². The first-order valence-electron chi connectivity index (χ1n) is 8.36. The number of rotatable bonds is 4. The number of hydrogen-bond donors (Lipinski definition) is 1. The zero-order valence-electron chi connectivity index (χ0n) is 13.7. The first-order valence-corrected chi connectivity index (χ1v) is 8.36. The third kappa shape index (κ3) is 3.26. The molecule has 0 bridgehead atoms. The summed E-state index contributed by atoms with van der Waals surface area (Å²) in [5.41, 5.74) is 4.23. The smallest absolute Gasteiger partial charge is 0.408 e. The van der Waals surface area contributed by atoms with Crippen LogP contribution in [-0.2, 0) is 24.2 Å². The van der Waals surface area contributed by atoms with Crippen molar-refractivity contribution in [1.82, 2.24) is 4.57 Å². The molecule has 0 spiro atoms. The molecule has 1 amide bonds. The van der Waals surface area contributed by atoms with Crippen LogP contribution in [0.15, 0.2) is 63.9 Å². The Morgan fingerprint density at radius 3 is 2.72 bits per heavy atom. The summed E-state index contributed by atoms with van der Waals surface area (Å²) in [5.74, 6) is -0.334. The van der Waals surface area contributed by atoms with Crippen molar-refractivity contribution >= 4 is 11.6 Å². The molecule has 3 aromatic rings. The first kappa shape index (κ1) is 15.4. The van der Waals surface area contributed by atoms with Gasteiger partial charge in [-0.05, 0) is 42.5 Å². The normalized spacial score (nSPS) is 12.8. The van der Waals surface area contributed by atoms with Gasteiger partial charge in [0.05, 0.1) is 6.20 Å². The molecule has 1 heterocycles. The molecule has 1 N–H and O–H groups in total. The number of amides is 1. The number of nitrogens with zero attached hydrogens (tertiary/aromatic N) is 1. The minimum atomic E-state index is -0.539. The maximum atomic E-state index is 12.3. The summed E-state index contributed by atoms with van der Waals surface area (Å²) >= 11 is 0. The number of aryl methyl sites for hydroxylation is 2. The fraction of sp³-hybridized carbons (Fsp3) is 0.200. The first-order chi connectivity index (χ1) is 12.2. The summed E-state index contributed by atoms with van der Waals surface area (Å²) in [4.78, 5) is 24.2. The highest BCUT2D eigenvalue weighted by molar-refractivity contribution is 5.90. The van der Waals surface area contributed by atoms with E-state index in [4.69, 9.17) is 4.42 Å². The summed E-state index contributed by atoms with van der Waals surface area (Å²) in [6, 6.07) is 15.3. The molecule has 0 fully saturated rings. The minimum Gasteiger partial charge on any atom is -0.408 e. The number of nitrogens with one attached hydrogen (secondary N) is 1. The highest BCUT2D eigenvalue weighted by atomic mass is 16.4.